The van der Waals surface area contributed by atoms with Crippen LogP contribution in [0.5, 0.6) is 0 Å². The highest BCUT2D eigenvalue weighted by atomic mass is 16.4. The number of aliphatic imine (C=N–C) groups is 1. The Bertz CT molecular complexity index is 570. The van der Waals surface area contributed by atoms with E-state index in [1.54, 1.807) is 0 Å². The molecule has 2 N–H and O–H groups in total. The lowest BCUT2D eigenvalue weighted by molar-refractivity contribution is -0.149. The molecule has 0 fully saturated rings. The number of allylic oxidation sites excluding steroid dienone is 1. The van der Waals surface area contributed by atoms with Gasteiger partial charge in [-0.2, -0.15) is 0 Å². The molecular weight excluding hydrogens is 256 g/mol. The van der Waals surface area contributed by atoms with Crippen LogP contribution in [-0.2, 0) is 9.59 Å². The van der Waals surface area contributed by atoms with Crippen LogP contribution in [0.2, 0.25) is 0 Å². The quantitative estimate of drug-likeness (QED) is 0.767. The number of Topliss-reactive ketones (excluding diaryl/α,β-unsaturated/α-hetero) is 1. The molecule has 1 aliphatic carbocycles. The molecule has 0 amide bonds. The predicted molar refractivity (Wildman–Crippen MR) is 76.7 cm³/mol. The van der Waals surface area contributed by atoms with Crippen LogP contribution >= 0.6 is 0 Å². The van der Waals surface area contributed by atoms with Crippen molar-refractivity contribution in [2.24, 2.45) is 16.3 Å². The second-order valence-corrected chi connectivity index (χ2v) is 5.75. The number of carboxylic acids is 1. The maximum Gasteiger partial charge on any atom is 0.321 e. The highest BCUT2D eigenvalue weighted by molar-refractivity contribution is 6.18. The Morgan fingerprint density at radius 1 is 1.50 bits per heavy atom. The first-order chi connectivity index (χ1) is 9.29. The number of rotatable bonds is 3. The molecule has 1 aliphatic heterocycles. The van der Waals surface area contributed by atoms with E-state index in [4.69, 9.17) is 0 Å². The van der Waals surface area contributed by atoms with Crippen LogP contribution in [0.3, 0.4) is 0 Å². The lowest BCUT2D eigenvalue weighted by Gasteiger charge is -2.31. The van der Waals surface area contributed by atoms with Crippen LogP contribution < -0.4 is 5.32 Å². The van der Waals surface area contributed by atoms with Gasteiger partial charge in [-0.3, -0.25) is 14.6 Å². The van der Waals surface area contributed by atoms with Crippen molar-refractivity contribution in [3.05, 3.63) is 22.8 Å². The van der Waals surface area contributed by atoms with Gasteiger partial charge in [0.05, 0.1) is 6.54 Å². The summed E-state index contributed by atoms with van der Waals surface area (Å²) in [6, 6.07) is 0. The Balaban J connectivity index is 2.63. The monoisotopic (exact) mass is 276 g/mol. The van der Waals surface area contributed by atoms with Crippen molar-refractivity contribution in [3.8, 4) is 0 Å². The van der Waals surface area contributed by atoms with Crippen molar-refractivity contribution < 1.29 is 14.7 Å². The lowest BCUT2D eigenvalue weighted by atomic mass is 9.71. The minimum Gasteiger partial charge on any atom is -0.480 e. The van der Waals surface area contributed by atoms with Gasteiger partial charge in [0, 0.05) is 17.7 Å². The molecular formula is C15H20N2O3. The fraction of sp³-hybridized carbons (Fsp3) is 0.533. The highest BCUT2D eigenvalue weighted by Gasteiger charge is 2.45. The van der Waals surface area contributed by atoms with Crippen LogP contribution in [0.15, 0.2) is 27.8 Å². The molecule has 0 saturated carbocycles. The Labute approximate surface area is 118 Å². The summed E-state index contributed by atoms with van der Waals surface area (Å²) >= 11 is 0. The third kappa shape index (κ3) is 2.07. The van der Waals surface area contributed by atoms with Crippen LogP contribution in [0.1, 0.15) is 27.7 Å². The van der Waals surface area contributed by atoms with E-state index in [1.807, 2.05) is 20.8 Å². The maximum atomic E-state index is 12.6. The van der Waals surface area contributed by atoms with E-state index in [2.05, 4.69) is 10.3 Å². The number of carbonyl (C=O) groups excluding carboxylic acids is 1. The summed E-state index contributed by atoms with van der Waals surface area (Å²) < 4.78 is 0. The van der Waals surface area contributed by atoms with Gasteiger partial charge >= 0.3 is 5.97 Å². The number of nitrogens with zero attached hydrogens (tertiary/aromatic N) is 1. The number of carboxylic acid groups (broad SMARTS) is 1. The van der Waals surface area contributed by atoms with Gasteiger partial charge in [0.25, 0.3) is 0 Å². The first-order valence-electron chi connectivity index (χ1n) is 6.80. The van der Waals surface area contributed by atoms with Gasteiger partial charge in [-0.15, -0.1) is 0 Å². The SMILES string of the molecule is CC1=C(C(C)C)C(=O)C(C)(C(=O)O)C=C1C1=NCCN1. The van der Waals surface area contributed by atoms with E-state index in [0.29, 0.717) is 18.0 Å². The van der Waals surface area contributed by atoms with E-state index in [9.17, 15) is 14.7 Å². The molecule has 0 radical (unpaired) electrons. The topological polar surface area (TPSA) is 78.8 Å². The first kappa shape index (κ1) is 14.5. The van der Waals surface area contributed by atoms with Gasteiger partial charge in [0.2, 0.25) is 0 Å². The second kappa shape index (κ2) is 4.89. The molecule has 5 heteroatoms. The van der Waals surface area contributed by atoms with Crippen LogP contribution in [0.25, 0.3) is 0 Å². The first-order valence-corrected chi connectivity index (χ1v) is 6.80. The zero-order valence-electron chi connectivity index (χ0n) is 12.3. The zero-order valence-corrected chi connectivity index (χ0v) is 12.3. The fourth-order valence-electron chi connectivity index (χ4n) is 2.74. The molecule has 0 aromatic rings. The Kier molecular flexibility index (Phi) is 3.54. The van der Waals surface area contributed by atoms with Crippen LogP contribution in [0, 0.1) is 11.3 Å². The number of aliphatic carboxylic acids is 1. The maximum absolute atomic E-state index is 12.6. The summed E-state index contributed by atoms with van der Waals surface area (Å²) in [5, 5.41) is 12.6. The Morgan fingerprint density at radius 2 is 2.15 bits per heavy atom. The minimum absolute atomic E-state index is 0.0214. The van der Waals surface area contributed by atoms with E-state index < -0.39 is 11.4 Å². The van der Waals surface area contributed by atoms with E-state index >= 15 is 0 Å². The summed E-state index contributed by atoms with van der Waals surface area (Å²) in [7, 11) is 0. The van der Waals surface area contributed by atoms with Gasteiger partial charge in [-0.1, -0.05) is 13.8 Å². The summed E-state index contributed by atoms with van der Waals surface area (Å²) in [5.74, 6) is -0.767. The van der Waals surface area contributed by atoms with Gasteiger partial charge in [0.1, 0.15) is 11.3 Å². The van der Waals surface area contributed by atoms with Gasteiger partial charge in [0.15, 0.2) is 5.78 Å². The summed E-state index contributed by atoms with van der Waals surface area (Å²) in [6.45, 7) is 8.56. The molecule has 0 aromatic carbocycles. The van der Waals surface area contributed by atoms with Gasteiger partial charge in [-0.05, 0) is 31.4 Å². The van der Waals surface area contributed by atoms with E-state index in [0.717, 1.165) is 17.7 Å². The molecule has 0 spiro atoms. The van der Waals surface area contributed by atoms with Crippen LogP contribution in [0.4, 0.5) is 0 Å². The average Bonchev–Trinajstić information content (AvgIpc) is 2.87. The van der Waals surface area contributed by atoms with E-state index in [1.165, 1.54) is 13.0 Å². The van der Waals surface area contributed by atoms with Crippen molar-refractivity contribution in [1.82, 2.24) is 5.32 Å². The predicted octanol–water partition coefficient (Wildman–Crippen LogP) is 1.56. The van der Waals surface area contributed by atoms with Crippen LogP contribution in [-0.4, -0.2) is 35.8 Å². The van der Waals surface area contributed by atoms with Crippen molar-refractivity contribution in [2.75, 3.05) is 13.1 Å². The number of hydrogen-bond acceptors (Lipinski definition) is 4. The molecule has 0 bridgehead atoms. The largest absolute Gasteiger partial charge is 0.480 e. The standard InChI is InChI=1S/C15H20N2O3/c1-8(2)11-9(3)10(13-16-5-6-17-13)7-15(4,12(11)18)14(19)20/h7-8H,5-6H2,1-4H3,(H,16,17)(H,19,20). The van der Waals surface area contributed by atoms with Gasteiger partial charge < -0.3 is 10.4 Å². The molecule has 1 heterocycles. The molecule has 2 rings (SSSR count). The number of ketones is 1. The molecule has 0 aromatic heterocycles. The van der Waals surface area contributed by atoms with Gasteiger partial charge in [-0.25, -0.2) is 0 Å². The normalized spacial score (nSPS) is 26.6. The fourth-order valence-corrected chi connectivity index (χ4v) is 2.74. The van der Waals surface area contributed by atoms with Crippen molar-refractivity contribution in [1.29, 1.82) is 0 Å². The summed E-state index contributed by atoms with van der Waals surface area (Å²) in [5.41, 5.74) is 0.651. The number of amidine groups is 1. The molecule has 1 atom stereocenters. The third-order valence-corrected chi connectivity index (χ3v) is 3.91. The molecule has 0 saturated heterocycles. The lowest BCUT2D eigenvalue weighted by Crippen LogP contribution is -2.41. The van der Waals surface area contributed by atoms with Crippen molar-refractivity contribution in [2.45, 2.75) is 27.7 Å². The average molecular weight is 276 g/mol. The molecule has 5 nitrogen and oxygen atoms in total. The second-order valence-electron chi connectivity index (χ2n) is 5.75. The summed E-state index contributed by atoms with van der Waals surface area (Å²) in [6.07, 6.45) is 1.54. The smallest absolute Gasteiger partial charge is 0.321 e. The third-order valence-electron chi connectivity index (χ3n) is 3.91. The van der Waals surface area contributed by atoms with Crippen molar-refractivity contribution >= 4 is 17.6 Å². The number of carbonyl (C=O) groups is 2. The Morgan fingerprint density at radius 3 is 2.60 bits per heavy atom. The minimum atomic E-state index is -1.51. The summed E-state index contributed by atoms with van der Waals surface area (Å²) in [4.78, 5) is 28.5. The molecule has 20 heavy (non-hydrogen) atoms. The van der Waals surface area contributed by atoms with Crippen molar-refractivity contribution in [3.63, 3.8) is 0 Å². The zero-order chi connectivity index (χ0) is 15.1. The van der Waals surface area contributed by atoms with E-state index in [-0.39, 0.29) is 11.7 Å². The Hall–Kier alpha value is -1.91. The number of hydrogen-bond donors (Lipinski definition) is 2. The molecule has 2 aliphatic rings. The highest BCUT2D eigenvalue weighted by Crippen LogP contribution is 2.38. The molecule has 1 unspecified atom stereocenters. The number of nitrogens with one attached hydrogen (secondary N) is 1. The molecule has 108 valence electrons.